The van der Waals surface area contributed by atoms with Gasteiger partial charge >= 0.3 is 5.97 Å². The Hall–Kier alpha value is -2.24. The molecule has 0 amide bonds. The molecule has 1 aromatic carbocycles. The van der Waals surface area contributed by atoms with Gasteiger partial charge in [0.2, 0.25) is 0 Å². The van der Waals surface area contributed by atoms with E-state index in [1.54, 1.807) is 29.8 Å². The molecule has 3 aromatic rings. The minimum atomic E-state index is -0.443. The van der Waals surface area contributed by atoms with E-state index in [-0.39, 0.29) is 6.61 Å². The molecule has 0 unspecified atom stereocenters. The first-order chi connectivity index (χ1) is 12.9. The van der Waals surface area contributed by atoms with Gasteiger partial charge in [0.25, 0.3) is 0 Å². The number of carbonyl (C=O) groups is 1. The Balaban J connectivity index is 2.36. The Morgan fingerprint density at radius 1 is 1.11 bits per heavy atom. The summed E-state index contributed by atoms with van der Waals surface area (Å²) in [6.45, 7) is 8.07. The van der Waals surface area contributed by atoms with E-state index in [1.807, 2.05) is 32.9 Å². The summed E-state index contributed by atoms with van der Waals surface area (Å²) < 4.78 is 8.99. The maximum absolute atomic E-state index is 12.5. The van der Waals surface area contributed by atoms with Gasteiger partial charge in [0.1, 0.15) is 5.82 Å². The van der Waals surface area contributed by atoms with Crippen LogP contribution in [0.15, 0.2) is 30.3 Å². The van der Waals surface area contributed by atoms with Crippen molar-refractivity contribution in [3.05, 3.63) is 63.0 Å². The summed E-state index contributed by atoms with van der Waals surface area (Å²) >= 11 is 12.5. The number of benzene rings is 1. The predicted molar refractivity (Wildman–Crippen MR) is 108 cm³/mol. The van der Waals surface area contributed by atoms with Crippen LogP contribution in [0.25, 0.3) is 11.5 Å². The van der Waals surface area contributed by atoms with Crippen molar-refractivity contribution in [3.8, 4) is 11.5 Å². The second kappa shape index (κ2) is 7.79. The van der Waals surface area contributed by atoms with Gasteiger partial charge in [-0.05, 0) is 57.5 Å². The molecule has 0 aliphatic rings. The third kappa shape index (κ3) is 3.49. The molecule has 2 aromatic heterocycles. The second-order valence-electron chi connectivity index (χ2n) is 6.18. The Kier molecular flexibility index (Phi) is 5.63. The molecule has 0 spiro atoms. The summed E-state index contributed by atoms with van der Waals surface area (Å²) in [7, 11) is 0. The summed E-state index contributed by atoms with van der Waals surface area (Å²) in [5, 5.41) is 5.58. The molecule has 0 bridgehead atoms. The van der Waals surface area contributed by atoms with Crippen LogP contribution in [-0.2, 0) is 11.2 Å². The number of aromatic nitrogens is 3. The zero-order chi connectivity index (χ0) is 19.7. The summed E-state index contributed by atoms with van der Waals surface area (Å²) in [6.07, 6.45) is 0.617. The molecular formula is C20H21Cl2N3O2. The smallest absolute Gasteiger partial charge is 0.359 e. The normalized spacial score (nSPS) is 11.0. The van der Waals surface area contributed by atoms with Gasteiger partial charge in [0, 0.05) is 22.0 Å². The molecular weight excluding hydrogens is 385 g/mol. The number of halogens is 2. The van der Waals surface area contributed by atoms with Crippen LogP contribution in [0.3, 0.4) is 0 Å². The van der Waals surface area contributed by atoms with Crippen LogP contribution in [0.1, 0.15) is 41.3 Å². The van der Waals surface area contributed by atoms with Gasteiger partial charge in [-0.25, -0.2) is 9.48 Å². The van der Waals surface area contributed by atoms with Gasteiger partial charge in [0.05, 0.1) is 17.3 Å². The molecule has 0 saturated heterocycles. The highest BCUT2D eigenvalue weighted by Gasteiger charge is 2.26. The Bertz CT molecular complexity index is 986. The summed E-state index contributed by atoms with van der Waals surface area (Å²) in [5.74, 6) is 0.340. The van der Waals surface area contributed by atoms with Gasteiger partial charge in [-0.2, -0.15) is 5.10 Å². The number of carbonyl (C=O) groups excluding carboxylic acids is 1. The fourth-order valence-corrected chi connectivity index (χ4v) is 3.67. The number of hydrogen-bond acceptors (Lipinski definition) is 3. The van der Waals surface area contributed by atoms with Crippen molar-refractivity contribution in [1.82, 2.24) is 14.3 Å². The number of rotatable bonds is 5. The topological polar surface area (TPSA) is 49.0 Å². The van der Waals surface area contributed by atoms with Crippen LogP contribution >= 0.6 is 23.2 Å². The number of nitrogens with zero attached hydrogens (tertiary/aromatic N) is 3. The van der Waals surface area contributed by atoms with E-state index in [0.29, 0.717) is 27.8 Å². The van der Waals surface area contributed by atoms with E-state index in [1.165, 1.54) is 0 Å². The zero-order valence-electron chi connectivity index (χ0n) is 15.7. The summed E-state index contributed by atoms with van der Waals surface area (Å²) in [5.41, 5.74) is 3.82. The molecule has 0 saturated carbocycles. The van der Waals surface area contributed by atoms with Crippen LogP contribution in [0.2, 0.25) is 10.0 Å². The van der Waals surface area contributed by atoms with Crippen molar-refractivity contribution in [2.24, 2.45) is 0 Å². The van der Waals surface area contributed by atoms with Gasteiger partial charge in [-0.1, -0.05) is 30.1 Å². The third-order valence-electron chi connectivity index (χ3n) is 4.40. The first-order valence-electron chi connectivity index (χ1n) is 8.78. The molecule has 142 valence electrons. The average Bonchev–Trinajstić information content (AvgIpc) is 3.14. The van der Waals surface area contributed by atoms with E-state index < -0.39 is 5.97 Å². The molecule has 7 heteroatoms. The molecule has 0 aliphatic carbocycles. The number of esters is 1. The van der Waals surface area contributed by atoms with E-state index >= 15 is 0 Å². The maximum atomic E-state index is 12.5. The van der Waals surface area contributed by atoms with Gasteiger partial charge in [-0.3, -0.25) is 0 Å². The molecule has 27 heavy (non-hydrogen) atoms. The lowest BCUT2D eigenvalue weighted by molar-refractivity contribution is 0.0517. The fourth-order valence-electron chi connectivity index (χ4n) is 3.18. The van der Waals surface area contributed by atoms with E-state index in [0.717, 1.165) is 22.8 Å². The summed E-state index contributed by atoms with van der Waals surface area (Å²) in [6, 6.07) is 9.26. The number of ether oxygens (including phenoxy) is 1. The lowest BCUT2D eigenvalue weighted by Gasteiger charge is -2.15. The quantitative estimate of drug-likeness (QED) is 0.539. The molecule has 0 radical (unpaired) electrons. The molecule has 5 nitrogen and oxygen atoms in total. The minimum absolute atomic E-state index is 0.285. The third-order valence-corrected chi connectivity index (χ3v) is 4.94. The predicted octanol–water partition coefficient (Wildman–Crippen LogP) is 5.33. The maximum Gasteiger partial charge on any atom is 0.359 e. The van der Waals surface area contributed by atoms with Crippen molar-refractivity contribution in [2.75, 3.05) is 6.61 Å². The van der Waals surface area contributed by atoms with Crippen molar-refractivity contribution in [3.63, 3.8) is 0 Å². The number of aryl methyl sites for hydroxylation is 2. The average molecular weight is 406 g/mol. The van der Waals surface area contributed by atoms with Crippen LogP contribution in [0.5, 0.6) is 0 Å². The lowest BCUT2D eigenvalue weighted by Crippen LogP contribution is -2.10. The highest BCUT2D eigenvalue weighted by Crippen LogP contribution is 2.31. The fraction of sp³-hybridized carbons (Fsp3) is 0.300. The highest BCUT2D eigenvalue weighted by molar-refractivity contribution is 6.35. The molecule has 0 atom stereocenters. The first kappa shape index (κ1) is 19.5. The summed E-state index contributed by atoms with van der Waals surface area (Å²) in [4.78, 5) is 12.5. The van der Waals surface area contributed by atoms with Gasteiger partial charge in [-0.15, -0.1) is 0 Å². The van der Waals surface area contributed by atoms with Crippen molar-refractivity contribution in [2.45, 2.75) is 34.1 Å². The van der Waals surface area contributed by atoms with E-state index in [9.17, 15) is 4.79 Å². The van der Waals surface area contributed by atoms with Gasteiger partial charge in [0.15, 0.2) is 5.69 Å². The van der Waals surface area contributed by atoms with Crippen molar-refractivity contribution in [1.29, 1.82) is 0 Å². The molecule has 3 rings (SSSR count). The Morgan fingerprint density at radius 2 is 1.78 bits per heavy atom. The number of hydrogen-bond donors (Lipinski definition) is 0. The Labute approximate surface area is 168 Å². The highest BCUT2D eigenvalue weighted by atomic mass is 35.5. The SMILES string of the molecule is CCOC(=O)c1nn(-c2ccc(Cl)cc2Cl)c(-n2c(C)ccc2C)c1CC. The van der Waals surface area contributed by atoms with Crippen LogP contribution in [-0.4, -0.2) is 26.9 Å². The first-order valence-corrected chi connectivity index (χ1v) is 9.54. The van der Waals surface area contributed by atoms with Crippen molar-refractivity contribution < 1.29 is 9.53 Å². The van der Waals surface area contributed by atoms with Gasteiger partial charge < -0.3 is 9.30 Å². The molecule has 2 heterocycles. The van der Waals surface area contributed by atoms with Crippen LogP contribution in [0.4, 0.5) is 0 Å². The largest absolute Gasteiger partial charge is 0.461 e. The monoisotopic (exact) mass is 405 g/mol. The van der Waals surface area contributed by atoms with Crippen LogP contribution < -0.4 is 0 Å². The lowest BCUT2D eigenvalue weighted by atomic mass is 10.1. The van der Waals surface area contributed by atoms with Crippen molar-refractivity contribution >= 4 is 29.2 Å². The molecule has 0 fully saturated rings. The zero-order valence-corrected chi connectivity index (χ0v) is 17.2. The second-order valence-corrected chi connectivity index (χ2v) is 7.03. The Morgan fingerprint density at radius 3 is 2.33 bits per heavy atom. The van der Waals surface area contributed by atoms with E-state index in [4.69, 9.17) is 27.9 Å². The van der Waals surface area contributed by atoms with E-state index in [2.05, 4.69) is 9.67 Å². The molecule has 0 N–H and O–H groups in total. The van der Waals surface area contributed by atoms with Crippen LogP contribution in [0, 0.1) is 13.8 Å². The standard InChI is InChI=1S/C20H21Cl2N3O2/c1-5-15-18(20(26)27-6-2)23-25(17-10-9-14(21)11-16(17)22)19(15)24-12(3)7-8-13(24)4/h7-11H,5-6H2,1-4H3. The minimum Gasteiger partial charge on any atom is -0.461 e. The molecule has 0 aliphatic heterocycles.